The monoisotopic (exact) mass is 283 g/mol. The fraction of sp³-hybridized carbons (Fsp3) is 0.538. The predicted molar refractivity (Wildman–Crippen MR) is 76.1 cm³/mol. The van der Waals surface area contributed by atoms with Gasteiger partial charge in [-0.15, -0.1) is 0 Å². The summed E-state index contributed by atoms with van der Waals surface area (Å²) in [4.78, 5) is 2.28. The minimum absolute atomic E-state index is 0.0473. The van der Waals surface area contributed by atoms with Crippen molar-refractivity contribution >= 4 is 10.0 Å². The molecule has 0 aliphatic carbocycles. The van der Waals surface area contributed by atoms with E-state index in [0.717, 1.165) is 19.6 Å². The molecule has 0 atom stereocenters. The van der Waals surface area contributed by atoms with Gasteiger partial charge in [-0.1, -0.05) is 30.3 Å². The third-order valence-corrected chi connectivity index (χ3v) is 5.25. The van der Waals surface area contributed by atoms with E-state index in [4.69, 9.17) is 5.73 Å². The van der Waals surface area contributed by atoms with Crippen molar-refractivity contribution in [2.75, 3.05) is 38.5 Å². The summed E-state index contributed by atoms with van der Waals surface area (Å²) < 4.78 is 25.3. The summed E-state index contributed by atoms with van der Waals surface area (Å²) in [5, 5.41) is 0. The summed E-state index contributed by atoms with van der Waals surface area (Å²) in [5.74, 6) is 0.0473. The molecule has 0 bridgehead atoms. The molecular formula is C13H21N3O2S. The van der Waals surface area contributed by atoms with Crippen LogP contribution < -0.4 is 5.73 Å². The highest BCUT2D eigenvalue weighted by Crippen LogP contribution is 2.11. The molecule has 5 nitrogen and oxygen atoms in total. The Kier molecular flexibility index (Phi) is 4.93. The fourth-order valence-electron chi connectivity index (χ4n) is 2.29. The second-order valence-electron chi connectivity index (χ2n) is 4.77. The van der Waals surface area contributed by atoms with Gasteiger partial charge in [0.05, 0.1) is 5.75 Å². The van der Waals surface area contributed by atoms with Crippen molar-refractivity contribution < 1.29 is 8.42 Å². The molecule has 1 saturated heterocycles. The molecule has 2 rings (SSSR count). The van der Waals surface area contributed by atoms with Crippen molar-refractivity contribution in [3.8, 4) is 0 Å². The number of benzene rings is 1. The Labute approximate surface area is 115 Å². The van der Waals surface area contributed by atoms with Gasteiger partial charge in [-0.2, -0.15) is 4.31 Å². The average Bonchev–Trinajstić information content (AvgIpc) is 2.40. The molecule has 19 heavy (non-hydrogen) atoms. The van der Waals surface area contributed by atoms with Crippen LogP contribution in [-0.4, -0.2) is 56.1 Å². The van der Waals surface area contributed by atoms with Gasteiger partial charge in [-0.3, -0.25) is 4.90 Å². The van der Waals surface area contributed by atoms with E-state index < -0.39 is 10.0 Å². The highest BCUT2D eigenvalue weighted by atomic mass is 32.2. The van der Waals surface area contributed by atoms with E-state index in [1.807, 2.05) is 18.2 Å². The maximum absolute atomic E-state index is 11.9. The number of hydrogen-bond acceptors (Lipinski definition) is 4. The first-order valence-corrected chi connectivity index (χ1v) is 8.17. The summed E-state index contributed by atoms with van der Waals surface area (Å²) in [6.07, 6.45) is 0. The van der Waals surface area contributed by atoms with Gasteiger partial charge in [-0.05, 0) is 5.56 Å². The van der Waals surface area contributed by atoms with Crippen LogP contribution in [0.25, 0.3) is 0 Å². The van der Waals surface area contributed by atoms with Gasteiger partial charge in [0, 0.05) is 39.3 Å². The molecule has 6 heteroatoms. The standard InChI is InChI=1S/C13H21N3O2S/c14-6-11-19(17,18)16-9-7-15(8-10-16)12-13-4-2-1-3-5-13/h1-5H,6-12,14H2. The summed E-state index contributed by atoms with van der Waals surface area (Å²) >= 11 is 0. The average molecular weight is 283 g/mol. The number of piperazine rings is 1. The van der Waals surface area contributed by atoms with Gasteiger partial charge < -0.3 is 5.73 Å². The van der Waals surface area contributed by atoms with Crippen LogP contribution in [0.5, 0.6) is 0 Å². The maximum atomic E-state index is 11.9. The van der Waals surface area contributed by atoms with Gasteiger partial charge in [0.1, 0.15) is 0 Å². The lowest BCUT2D eigenvalue weighted by Gasteiger charge is -2.33. The smallest absolute Gasteiger partial charge is 0.215 e. The first-order chi connectivity index (χ1) is 9.12. The number of sulfonamides is 1. The third-order valence-electron chi connectivity index (χ3n) is 3.35. The fourth-order valence-corrected chi connectivity index (χ4v) is 3.56. The van der Waals surface area contributed by atoms with Crippen LogP contribution in [0.3, 0.4) is 0 Å². The van der Waals surface area contributed by atoms with E-state index in [9.17, 15) is 8.42 Å². The maximum Gasteiger partial charge on any atom is 0.215 e. The lowest BCUT2D eigenvalue weighted by atomic mass is 10.2. The zero-order valence-electron chi connectivity index (χ0n) is 11.0. The van der Waals surface area contributed by atoms with Gasteiger partial charge >= 0.3 is 0 Å². The Morgan fingerprint density at radius 2 is 1.68 bits per heavy atom. The number of nitrogens with zero attached hydrogens (tertiary/aromatic N) is 2. The zero-order chi connectivity index (χ0) is 13.7. The van der Waals surface area contributed by atoms with Crippen molar-refractivity contribution in [1.82, 2.24) is 9.21 Å². The molecule has 0 aromatic heterocycles. The van der Waals surface area contributed by atoms with Gasteiger partial charge in [0.25, 0.3) is 0 Å². The SMILES string of the molecule is NCCS(=O)(=O)N1CCN(Cc2ccccc2)CC1. The first kappa shape index (κ1) is 14.5. The Hall–Kier alpha value is -0.950. The van der Waals surface area contributed by atoms with Crippen LogP contribution in [0.15, 0.2) is 30.3 Å². The van der Waals surface area contributed by atoms with Gasteiger partial charge in [0.15, 0.2) is 0 Å². The Balaban J connectivity index is 1.86. The highest BCUT2D eigenvalue weighted by molar-refractivity contribution is 7.89. The Morgan fingerprint density at radius 3 is 2.26 bits per heavy atom. The topological polar surface area (TPSA) is 66.6 Å². The zero-order valence-corrected chi connectivity index (χ0v) is 11.8. The largest absolute Gasteiger partial charge is 0.329 e. The van der Waals surface area contributed by atoms with Crippen LogP contribution in [-0.2, 0) is 16.6 Å². The van der Waals surface area contributed by atoms with Gasteiger partial charge in [-0.25, -0.2) is 8.42 Å². The minimum Gasteiger partial charge on any atom is -0.329 e. The van der Waals surface area contributed by atoms with E-state index in [0.29, 0.717) is 13.1 Å². The van der Waals surface area contributed by atoms with Crippen molar-refractivity contribution in [1.29, 1.82) is 0 Å². The van der Waals surface area contributed by atoms with Crippen molar-refractivity contribution in [2.24, 2.45) is 5.73 Å². The second-order valence-corrected chi connectivity index (χ2v) is 6.85. The molecular weight excluding hydrogens is 262 g/mol. The Morgan fingerprint density at radius 1 is 1.05 bits per heavy atom. The molecule has 1 fully saturated rings. The Bertz CT molecular complexity index is 482. The minimum atomic E-state index is -3.15. The number of hydrogen-bond donors (Lipinski definition) is 1. The van der Waals surface area contributed by atoms with Crippen LogP contribution in [0.4, 0.5) is 0 Å². The van der Waals surface area contributed by atoms with Crippen LogP contribution in [0.2, 0.25) is 0 Å². The van der Waals surface area contributed by atoms with E-state index in [1.54, 1.807) is 4.31 Å². The summed E-state index contributed by atoms with van der Waals surface area (Å²) in [6.45, 7) is 3.75. The van der Waals surface area contributed by atoms with E-state index >= 15 is 0 Å². The molecule has 0 spiro atoms. The van der Waals surface area contributed by atoms with Crippen LogP contribution in [0.1, 0.15) is 5.56 Å². The number of rotatable bonds is 5. The second kappa shape index (κ2) is 6.47. The molecule has 0 amide bonds. The van der Waals surface area contributed by atoms with Crippen molar-refractivity contribution in [2.45, 2.75) is 6.54 Å². The third kappa shape index (κ3) is 4.01. The molecule has 1 aromatic rings. The summed E-state index contributed by atoms with van der Waals surface area (Å²) in [7, 11) is -3.15. The predicted octanol–water partition coefficient (Wildman–Crippen LogP) is 0.0927. The highest BCUT2D eigenvalue weighted by Gasteiger charge is 2.25. The normalized spacial score (nSPS) is 18.6. The molecule has 0 unspecified atom stereocenters. The molecule has 2 N–H and O–H groups in total. The lowest BCUT2D eigenvalue weighted by Crippen LogP contribution is -2.49. The van der Waals surface area contributed by atoms with Crippen molar-refractivity contribution in [3.63, 3.8) is 0 Å². The summed E-state index contributed by atoms with van der Waals surface area (Å²) in [5.41, 5.74) is 6.60. The molecule has 1 aliphatic heterocycles. The number of nitrogens with two attached hydrogens (primary N) is 1. The van der Waals surface area contributed by atoms with E-state index in [-0.39, 0.29) is 12.3 Å². The van der Waals surface area contributed by atoms with Crippen molar-refractivity contribution in [3.05, 3.63) is 35.9 Å². The summed E-state index contributed by atoms with van der Waals surface area (Å²) in [6, 6.07) is 10.2. The molecule has 0 radical (unpaired) electrons. The van der Waals surface area contributed by atoms with E-state index in [1.165, 1.54) is 5.56 Å². The van der Waals surface area contributed by atoms with Gasteiger partial charge in [0.2, 0.25) is 10.0 Å². The van der Waals surface area contributed by atoms with E-state index in [2.05, 4.69) is 17.0 Å². The molecule has 0 saturated carbocycles. The first-order valence-electron chi connectivity index (χ1n) is 6.56. The molecule has 1 aromatic carbocycles. The molecule has 1 heterocycles. The van der Waals surface area contributed by atoms with Crippen LogP contribution >= 0.6 is 0 Å². The lowest BCUT2D eigenvalue weighted by molar-refractivity contribution is 0.181. The molecule has 106 valence electrons. The molecule has 1 aliphatic rings. The quantitative estimate of drug-likeness (QED) is 0.832. The van der Waals surface area contributed by atoms with Crippen LogP contribution in [0, 0.1) is 0 Å².